The topological polar surface area (TPSA) is 49.8 Å². The Hall–Kier alpha value is -2.62. The van der Waals surface area contributed by atoms with Crippen LogP contribution in [0.4, 0.5) is 17.1 Å². The van der Waals surface area contributed by atoms with Crippen LogP contribution >= 0.6 is 0 Å². The number of fused-ring (bicyclic) bond motifs is 1. The zero-order chi connectivity index (χ0) is 14.5. The zero-order valence-electron chi connectivity index (χ0n) is 12.0. The molecule has 0 aliphatic carbocycles. The number of benzene rings is 1. The van der Waals surface area contributed by atoms with Gasteiger partial charge >= 0.3 is 0 Å². The van der Waals surface area contributed by atoms with Gasteiger partial charge in [0.15, 0.2) is 0 Å². The number of rotatable bonds is 5. The quantitative estimate of drug-likeness (QED) is 0.734. The molecule has 4 heteroatoms. The normalized spacial score (nSPS) is 10.5. The molecular formula is C17H18N4. The van der Waals surface area contributed by atoms with Gasteiger partial charge in [-0.15, -0.1) is 0 Å². The molecule has 0 spiro atoms. The molecule has 0 fully saturated rings. The Morgan fingerprint density at radius 1 is 1.05 bits per heavy atom. The van der Waals surface area contributed by atoms with Crippen LogP contribution in [0.15, 0.2) is 55.0 Å². The smallest absolute Gasteiger partial charge is 0.0936 e. The molecule has 0 bridgehead atoms. The highest BCUT2D eigenvalue weighted by Crippen LogP contribution is 2.25. The Kier molecular flexibility index (Phi) is 3.96. The predicted molar refractivity (Wildman–Crippen MR) is 88.0 cm³/mol. The molecule has 2 aromatic heterocycles. The van der Waals surface area contributed by atoms with Gasteiger partial charge in [-0.3, -0.25) is 9.97 Å². The highest BCUT2D eigenvalue weighted by atomic mass is 14.9. The molecule has 2 heterocycles. The number of anilines is 3. The first-order valence-electron chi connectivity index (χ1n) is 7.16. The third-order valence-corrected chi connectivity index (χ3v) is 3.23. The van der Waals surface area contributed by atoms with Crippen molar-refractivity contribution in [1.82, 2.24) is 9.97 Å². The number of hydrogen-bond acceptors (Lipinski definition) is 4. The van der Waals surface area contributed by atoms with Gasteiger partial charge in [0.1, 0.15) is 0 Å². The molecule has 0 unspecified atom stereocenters. The van der Waals surface area contributed by atoms with Crippen molar-refractivity contribution in [2.24, 2.45) is 0 Å². The van der Waals surface area contributed by atoms with Crippen molar-refractivity contribution >= 4 is 28.0 Å². The summed E-state index contributed by atoms with van der Waals surface area (Å²) >= 11 is 0. The van der Waals surface area contributed by atoms with Gasteiger partial charge in [-0.25, -0.2) is 0 Å². The molecule has 4 nitrogen and oxygen atoms in total. The van der Waals surface area contributed by atoms with Crippen LogP contribution in [0.5, 0.6) is 0 Å². The SMILES string of the molecule is CCCNc1cncc(Nc2cccc3cccnc23)c1. The molecule has 0 saturated heterocycles. The van der Waals surface area contributed by atoms with Gasteiger partial charge in [0.05, 0.1) is 35.0 Å². The maximum Gasteiger partial charge on any atom is 0.0936 e. The molecule has 0 amide bonds. The van der Waals surface area contributed by atoms with Gasteiger partial charge in [-0.1, -0.05) is 25.1 Å². The maximum absolute atomic E-state index is 4.45. The third kappa shape index (κ3) is 3.11. The minimum Gasteiger partial charge on any atom is -0.384 e. The number of para-hydroxylation sites is 1. The summed E-state index contributed by atoms with van der Waals surface area (Å²) in [5.41, 5.74) is 3.93. The van der Waals surface area contributed by atoms with E-state index in [0.29, 0.717) is 0 Å². The van der Waals surface area contributed by atoms with E-state index in [0.717, 1.165) is 40.9 Å². The number of aromatic nitrogens is 2. The Morgan fingerprint density at radius 2 is 1.90 bits per heavy atom. The van der Waals surface area contributed by atoms with Crippen LogP contribution in [0.2, 0.25) is 0 Å². The summed E-state index contributed by atoms with van der Waals surface area (Å²) in [6.45, 7) is 3.09. The van der Waals surface area contributed by atoms with Crippen molar-refractivity contribution in [3.05, 3.63) is 55.0 Å². The first-order valence-corrected chi connectivity index (χ1v) is 7.16. The summed E-state index contributed by atoms with van der Waals surface area (Å²) in [5, 5.41) is 7.86. The maximum atomic E-state index is 4.45. The average Bonchev–Trinajstić information content (AvgIpc) is 2.54. The van der Waals surface area contributed by atoms with Gasteiger partial charge in [-0.2, -0.15) is 0 Å². The molecule has 3 rings (SSSR count). The number of hydrogen-bond donors (Lipinski definition) is 2. The van der Waals surface area contributed by atoms with Crippen LogP contribution in [-0.2, 0) is 0 Å². The molecule has 0 aliphatic rings. The molecule has 2 N–H and O–H groups in total. The Labute approximate surface area is 124 Å². The van der Waals surface area contributed by atoms with Crippen molar-refractivity contribution in [3.8, 4) is 0 Å². The predicted octanol–water partition coefficient (Wildman–Crippen LogP) is 4.20. The second kappa shape index (κ2) is 6.22. The molecule has 1 aromatic carbocycles. The summed E-state index contributed by atoms with van der Waals surface area (Å²) in [5.74, 6) is 0. The van der Waals surface area contributed by atoms with E-state index >= 15 is 0 Å². The number of nitrogens with one attached hydrogen (secondary N) is 2. The van der Waals surface area contributed by atoms with Gasteiger partial charge in [0.2, 0.25) is 0 Å². The summed E-state index contributed by atoms with van der Waals surface area (Å²) in [7, 11) is 0. The third-order valence-electron chi connectivity index (χ3n) is 3.23. The minimum atomic E-state index is 0.945. The van der Waals surface area contributed by atoms with Crippen molar-refractivity contribution in [1.29, 1.82) is 0 Å². The summed E-state index contributed by atoms with van der Waals surface area (Å²) in [6, 6.07) is 12.2. The van der Waals surface area contributed by atoms with E-state index in [2.05, 4.69) is 45.7 Å². The van der Waals surface area contributed by atoms with Crippen molar-refractivity contribution < 1.29 is 0 Å². The van der Waals surface area contributed by atoms with Gasteiger partial charge < -0.3 is 10.6 Å². The molecule has 106 valence electrons. The summed E-state index contributed by atoms with van der Waals surface area (Å²) in [4.78, 5) is 8.72. The monoisotopic (exact) mass is 278 g/mol. The van der Waals surface area contributed by atoms with Gasteiger partial charge in [0, 0.05) is 18.1 Å². The second-order valence-corrected chi connectivity index (χ2v) is 4.89. The molecule has 0 atom stereocenters. The molecule has 0 saturated carbocycles. The number of nitrogens with zero attached hydrogens (tertiary/aromatic N) is 2. The Bertz CT molecular complexity index is 734. The summed E-state index contributed by atoms with van der Waals surface area (Å²) in [6.07, 6.45) is 6.55. The van der Waals surface area contributed by atoms with E-state index in [1.54, 1.807) is 0 Å². The molecule has 0 radical (unpaired) electrons. The minimum absolute atomic E-state index is 0.945. The highest BCUT2D eigenvalue weighted by molar-refractivity contribution is 5.92. The highest BCUT2D eigenvalue weighted by Gasteiger charge is 2.03. The van der Waals surface area contributed by atoms with Crippen molar-refractivity contribution in [3.63, 3.8) is 0 Å². The lowest BCUT2D eigenvalue weighted by molar-refractivity contribution is 0.978. The second-order valence-electron chi connectivity index (χ2n) is 4.89. The standard InChI is InChI=1S/C17H18N4/c1-2-8-19-14-10-15(12-18-11-14)21-16-7-3-5-13-6-4-9-20-17(13)16/h3-7,9-12,19,21H,2,8H2,1H3. The summed E-state index contributed by atoms with van der Waals surface area (Å²) < 4.78 is 0. The van der Waals surface area contributed by atoms with Gasteiger partial charge in [-0.05, 0) is 24.6 Å². The van der Waals surface area contributed by atoms with E-state index in [9.17, 15) is 0 Å². The fourth-order valence-electron chi connectivity index (χ4n) is 2.23. The van der Waals surface area contributed by atoms with Crippen LogP contribution in [0.25, 0.3) is 10.9 Å². The van der Waals surface area contributed by atoms with Crippen LogP contribution in [0, 0.1) is 0 Å². The first kappa shape index (κ1) is 13.4. The zero-order valence-corrected chi connectivity index (χ0v) is 12.0. The van der Waals surface area contributed by atoms with Crippen molar-refractivity contribution in [2.75, 3.05) is 17.2 Å². The van der Waals surface area contributed by atoms with Crippen LogP contribution in [-0.4, -0.2) is 16.5 Å². The van der Waals surface area contributed by atoms with E-state index in [1.807, 2.05) is 36.8 Å². The van der Waals surface area contributed by atoms with E-state index in [1.165, 1.54) is 0 Å². The fraction of sp³-hybridized carbons (Fsp3) is 0.176. The van der Waals surface area contributed by atoms with Crippen LogP contribution < -0.4 is 10.6 Å². The van der Waals surface area contributed by atoms with E-state index in [-0.39, 0.29) is 0 Å². The molecular weight excluding hydrogens is 260 g/mol. The van der Waals surface area contributed by atoms with Crippen LogP contribution in [0.1, 0.15) is 13.3 Å². The Balaban J connectivity index is 1.88. The molecule has 3 aromatic rings. The lowest BCUT2D eigenvalue weighted by Gasteiger charge is -2.10. The van der Waals surface area contributed by atoms with E-state index in [4.69, 9.17) is 0 Å². The first-order chi connectivity index (χ1) is 10.4. The Morgan fingerprint density at radius 3 is 2.81 bits per heavy atom. The lowest BCUT2D eigenvalue weighted by Crippen LogP contribution is -2.01. The van der Waals surface area contributed by atoms with E-state index < -0.39 is 0 Å². The van der Waals surface area contributed by atoms with Gasteiger partial charge in [0.25, 0.3) is 0 Å². The largest absolute Gasteiger partial charge is 0.384 e. The molecule has 21 heavy (non-hydrogen) atoms. The lowest BCUT2D eigenvalue weighted by atomic mass is 10.2. The fourth-order valence-corrected chi connectivity index (χ4v) is 2.23. The number of pyridine rings is 2. The average molecular weight is 278 g/mol. The van der Waals surface area contributed by atoms with Crippen LogP contribution in [0.3, 0.4) is 0 Å². The van der Waals surface area contributed by atoms with Crippen molar-refractivity contribution in [2.45, 2.75) is 13.3 Å². The molecule has 0 aliphatic heterocycles.